The average Bonchev–Trinajstić information content (AvgIpc) is 2.85. The third kappa shape index (κ3) is 2.42. The van der Waals surface area contributed by atoms with Gasteiger partial charge in [-0.2, -0.15) is 0 Å². The van der Waals surface area contributed by atoms with E-state index in [4.69, 9.17) is 23.2 Å². The quantitative estimate of drug-likeness (QED) is 0.699. The molecule has 2 aromatic rings. The first kappa shape index (κ1) is 12.8. The Balaban J connectivity index is 1.83. The predicted molar refractivity (Wildman–Crippen MR) is 83.2 cm³/mol. The third-order valence-corrected chi connectivity index (χ3v) is 5.68. The molecular weight excluding hydrogens is 353 g/mol. The van der Waals surface area contributed by atoms with Gasteiger partial charge in [0.15, 0.2) is 0 Å². The highest BCUT2D eigenvalue weighted by atomic mass is 79.9. The summed E-state index contributed by atoms with van der Waals surface area (Å²) in [5, 5.41) is 4.24. The van der Waals surface area contributed by atoms with Crippen molar-refractivity contribution >= 4 is 56.2 Å². The largest absolute Gasteiger partial charge is 0.378 e. The van der Waals surface area contributed by atoms with Gasteiger partial charge < -0.3 is 5.32 Å². The lowest BCUT2D eigenvalue weighted by atomic mass is 10.1. The Morgan fingerprint density at radius 3 is 2.89 bits per heavy atom. The van der Waals surface area contributed by atoms with Gasteiger partial charge in [0.05, 0.1) is 15.4 Å². The van der Waals surface area contributed by atoms with Gasteiger partial charge in [-0.1, -0.05) is 23.2 Å². The monoisotopic (exact) mass is 361 g/mol. The van der Waals surface area contributed by atoms with Crippen LogP contribution in [0.25, 0.3) is 0 Å². The maximum absolute atomic E-state index is 6.10. The van der Waals surface area contributed by atoms with Crippen LogP contribution in [0.2, 0.25) is 9.36 Å². The van der Waals surface area contributed by atoms with Gasteiger partial charge in [-0.25, -0.2) is 0 Å². The van der Waals surface area contributed by atoms with Crippen molar-refractivity contribution in [2.75, 3.05) is 5.32 Å². The number of hydrogen-bond donors (Lipinski definition) is 1. The molecule has 0 spiro atoms. The van der Waals surface area contributed by atoms with Gasteiger partial charge in [0.1, 0.15) is 0 Å². The lowest BCUT2D eigenvalue weighted by Crippen LogP contribution is -2.06. The van der Waals surface area contributed by atoms with Crippen molar-refractivity contribution in [1.82, 2.24) is 0 Å². The van der Waals surface area contributed by atoms with Gasteiger partial charge in [0.2, 0.25) is 0 Å². The number of benzene rings is 1. The van der Waals surface area contributed by atoms with E-state index in [1.54, 1.807) is 11.3 Å². The molecule has 1 unspecified atom stereocenters. The van der Waals surface area contributed by atoms with Crippen LogP contribution in [0.4, 0.5) is 5.69 Å². The molecule has 1 aliphatic rings. The third-order valence-electron chi connectivity index (χ3n) is 3.11. The second-order valence-corrected chi connectivity index (χ2v) is 7.32. The molecule has 3 rings (SSSR count). The van der Waals surface area contributed by atoms with Crippen LogP contribution in [-0.2, 0) is 6.42 Å². The summed E-state index contributed by atoms with van der Waals surface area (Å²) < 4.78 is 1.79. The molecule has 0 aliphatic heterocycles. The molecule has 18 heavy (non-hydrogen) atoms. The summed E-state index contributed by atoms with van der Waals surface area (Å²) in [7, 11) is 0. The number of rotatable bonds is 2. The van der Waals surface area contributed by atoms with Gasteiger partial charge in [0, 0.05) is 15.0 Å². The van der Waals surface area contributed by atoms with Gasteiger partial charge in [-0.3, -0.25) is 0 Å². The highest BCUT2D eigenvalue weighted by Gasteiger charge is 2.24. The molecule has 94 valence electrons. The minimum absolute atomic E-state index is 0.348. The molecular formula is C13H10BrCl2NS. The fourth-order valence-electron chi connectivity index (χ4n) is 2.27. The van der Waals surface area contributed by atoms with E-state index >= 15 is 0 Å². The molecule has 1 aliphatic carbocycles. The molecule has 1 N–H and O–H groups in total. The van der Waals surface area contributed by atoms with Crippen molar-refractivity contribution in [3.63, 3.8) is 0 Å². The number of hydrogen-bond acceptors (Lipinski definition) is 2. The second kappa shape index (κ2) is 5.04. The van der Waals surface area contributed by atoms with Crippen LogP contribution in [0.15, 0.2) is 28.7 Å². The summed E-state index contributed by atoms with van der Waals surface area (Å²) in [4.78, 5) is 1.40. The van der Waals surface area contributed by atoms with E-state index < -0.39 is 0 Å². The van der Waals surface area contributed by atoms with E-state index in [1.807, 2.05) is 18.2 Å². The highest BCUT2D eigenvalue weighted by Crippen LogP contribution is 2.41. The summed E-state index contributed by atoms with van der Waals surface area (Å²) in [6, 6.07) is 8.36. The zero-order valence-electron chi connectivity index (χ0n) is 9.34. The molecule has 0 saturated heterocycles. The Kier molecular flexibility index (Phi) is 3.59. The molecule has 1 nitrogen and oxygen atoms in total. The Labute approximate surface area is 128 Å². The summed E-state index contributed by atoms with van der Waals surface area (Å²) in [5.41, 5.74) is 2.38. The molecule has 1 aromatic carbocycles. The normalized spacial score (nSPS) is 17.8. The Hall–Kier alpha value is -0.220. The van der Waals surface area contributed by atoms with Gasteiger partial charge in [-0.05, 0) is 58.6 Å². The maximum atomic E-state index is 6.10. The number of nitrogens with one attached hydrogen (secondary N) is 1. The maximum Gasteiger partial charge on any atom is 0.0934 e. The smallest absolute Gasteiger partial charge is 0.0934 e. The van der Waals surface area contributed by atoms with Crippen LogP contribution in [0, 0.1) is 0 Å². The molecule has 1 atom stereocenters. The van der Waals surface area contributed by atoms with Crippen molar-refractivity contribution in [1.29, 1.82) is 0 Å². The topological polar surface area (TPSA) is 12.0 Å². The van der Waals surface area contributed by atoms with E-state index in [1.165, 1.54) is 10.4 Å². The van der Waals surface area contributed by atoms with E-state index in [2.05, 4.69) is 27.3 Å². The fourth-order valence-corrected chi connectivity index (χ4v) is 4.05. The molecule has 1 aromatic heterocycles. The number of aryl methyl sites for hydroxylation is 1. The first-order valence-electron chi connectivity index (χ1n) is 5.63. The molecule has 0 fully saturated rings. The predicted octanol–water partition coefficient (Wildman–Crippen LogP) is 5.92. The average molecular weight is 363 g/mol. The molecule has 0 bridgehead atoms. The zero-order valence-corrected chi connectivity index (χ0v) is 13.3. The molecule has 1 heterocycles. The number of fused-ring (bicyclic) bond motifs is 1. The van der Waals surface area contributed by atoms with Crippen LogP contribution in [-0.4, -0.2) is 0 Å². The van der Waals surface area contributed by atoms with Crippen molar-refractivity contribution in [3.05, 3.63) is 48.5 Å². The van der Waals surface area contributed by atoms with E-state index in [0.29, 0.717) is 6.04 Å². The molecule has 0 amide bonds. The lowest BCUT2D eigenvalue weighted by molar-refractivity contribution is 0.762. The van der Waals surface area contributed by atoms with E-state index in [9.17, 15) is 0 Å². The first-order chi connectivity index (χ1) is 8.63. The Morgan fingerprint density at radius 1 is 1.28 bits per heavy atom. The van der Waals surface area contributed by atoms with E-state index in [-0.39, 0.29) is 0 Å². The van der Waals surface area contributed by atoms with Crippen LogP contribution in [0.1, 0.15) is 22.9 Å². The standard InChI is InChI=1S/C13H10BrCl2NS/c14-9-2-1-7(5-10(9)15)17-11-3-4-12-8(11)6-13(16)18-12/h1-2,5-6,11,17H,3-4H2. The van der Waals surface area contributed by atoms with Crippen molar-refractivity contribution in [2.24, 2.45) is 0 Å². The van der Waals surface area contributed by atoms with Crippen molar-refractivity contribution < 1.29 is 0 Å². The van der Waals surface area contributed by atoms with Crippen molar-refractivity contribution in [2.45, 2.75) is 18.9 Å². The Morgan fingerprint density at radius 2 is 2.11 bits per heavy atom. The highest BCUT2D eigenvalue weighted by molar-refractivity contribution is 9.10. The second-order valence-electron chi connectivity index (χ2n) is 4.29. The minimum Gasteiger partial charge on any atom is -0.378 e. The van der Waals surface area contributed by atoms with Gasteiger partial charge in [-0.15, -0.1) is 11.3 Å². The van der Waals surface area contributed by atoms with Gasteiger partial charge >= 0.3 is 0 Å². The molecule has 0 saturated carbocycles. The Bertz CT molecular complexity index is 597. The van der Waals surface area contributed by atoms with Gasteiger partial charge in [0.25, 0.3) is 0 Å². The number of thiophene rings is 1. The molecule has 0 radical (unpaired) electrons. The molecule has 5 heteroatoms. The van der Waals surface area contributed by atoms with Crippen LogP contribution in [0.5, 0.6) is 0 Å². The van der Waals surface area contributed by atoms with Crippen LogP contribution < -0.4 is 5.32 Å². The summed E-state index contributed by atoms with van der Waals surface area (Å²) in [6.07, 6.45) is 2.22. The summed E-state index contributed by atoms with van der Waals surface area (Å²) in [6.45, 7) is 0. The minimum atomic E-state index is 0.348. The van der Waals surface area contributed by atoms with Crippen LogP contribution >= 0.6 is 50.5 Å². The lowest BCUT2D eigenvalue weighted by Gasteiger charge is -2.15. The number of anilines is 1. The summed E-state index contributed by atoms with van der Waals surface area (Å²) in [5.74, 6) is 0. The zero-order chi connectivity index (χ0) is 12.7. The van der Waals surface area contributed by atoms with Crippen LogP contribution in [0.3, 0.4) is 0 Å². The van der Waals surface area contributed by atoms with Crippen molar-refractivity contribution in [3.8, 4) is 0 Å². The SMILES string of the molecule is Clc1cc2c(s1)CCC2Nc1ccc(Br)c(Cl)c1. The number of halogens is 3. The van der Waals surface area contributed by atoms with E-state index in [0.717, 1.165) is 32.4 Å². The fraction of sp³-hybridized carbons (Fsp3) is 0.231. The first-order valence-corrected chi connectivity index (χ1v) is 8.00. The summed E-state index contributed by atoms with van der Waals surface area (Å²) >= 11 is 17.2.